The number of anilines is 1. The van der Waals surface area contributed by atoms with Crippen LogP contribution >= 0.6 is 23.2 Å². The van der Waals surface area contributed by atoms with E-state index in [1.54, 1.807) is 6.07 Å². The molecule has 0 aliphatic rings. The van der Waals surface area contributed by atoms with Gasteiger partial charge in [0.25, 0.3) is 0 Å². The van der Waals surface area contributed by atoms with Crippen LogP contribution in [-0.2, 0) is 5.41 Å². The fourth-order valence-corrected chi connectivity index (χ4v) is 2.40. The van der Waals surface area contributed by atoms with E-state index in [0.717, 1.165) is 5.56 Å². The molecule has 0 unspecified atom stereocenters. The van der Waals surface area contributed by atoms with E-state index in [2.05, 4.69) is 10.4 Å². The van der Waals surface area contributed by atoms with E-state index in [0.29, 0.717) is 16.7 Å². The lowest BCUT2D eigenvalue weighted by molar-refractivity contribution is 0.590. The number of hydrazine groups is 1. The number of hydrogen-bond acceptors (Lipinski definition) is 3. The van der Waals surface area contributed by atoms with E-state index >= 15 is 0 Å². The van der Waals surface area contributed by atoms with E-state index in [9.17, 15) is 4.39 Å². The van der Waals surface area contributed by atoms with Crippen molar-refractivity contribution in [3.05, 3.63) is 33.6 Å². The van der Waals surface area contributed by atoms with E-state index in [-0.39, 0.29) is 15.5 Å². The summed E-state index contributed by atoms with van der Waals surface area (Å²) in [5.41, 5.74) is 3.70. The fraction of sp³-hybridized carbons (Fsp3) is 0.308. The molecule has 3 nitrogen and oxygen atoms in total. The van der Waals surface area contributed by atoms with Gasteiger partial charge >= 0.3 is 0 Å². The summed E-state index contributed by atoms with van der Waals surface area (Å²) in [6, 6.07) is 3.23. The van der Waals surface area contributed by atoms with Crippen LogP contribution in [0.3, 0.4) is 0 Å². The Labute approximate surface area is 120 Å². The van der Waals surface area contributed by atoms with Gasteiger partial charge in [-0.3, -0.25) is 0 Å². The molecule has 0 radical (unpaired) electrons. The Morgan fingerprint density at radius 1 is 1.26 bits per heavy atom. The summed E-state index contributed by atoms with van der Waals surface area (Å²) in [4.78, 5) is 4.35. The van der Waals surface area contributed by atoms with Crippen LogP contribution in [0.5, 0.6) is 0 Å². The first-order valence-corrected chi connectivity index (χ1v) is 6.46. The second kappa shape index (κ2) is 4.78. The molecule has 102 valence electrons. The number of nitrogens with zero attached hydrogens (tertiary/aromatic N) is 1. The number of nitrogen functional groups attached to an aromatic ring is 1. The van der Waals surface area contributed by atoms with Crippen molar-refractivity contribution in [2.75, 3.05) is 5.43 Å². The van der Waals surface area contributed by atoms with E-state index < -0.39 is 5.82 Å². The number of hydrogen-bond donors (Lipinski definition) is 2. The third kappa shape index (κ3) is 2.48. The van der Waals surface area contributed by atoms with Crippen LogP contribution in [0.4, 0.5) is 10.2 Å². The molecule has 19 heavy (non-hydrogen) atoms. The number of rotatable bonds is 1. The lowest BCUT2D eigenvalue weighted by Crippen LogP contribution is -2.19. The van der Waals surface area contributed by atoms with Gasteiger partial charge in [0.2, 0.25) is 0 Å². The first-order valence-electron chi connectivity index (χ1n) is 5.71. The van der Waals surface area contributed by atoms with Crippen LogP contribution in [0, 0.1) is 5.82 Å². The lowest BCUT2D eigenvalue weighted by atomic mass is 9.86. The fourth-order valence-electron chi connectivity index (χ4n) is 1.90. The zero-order valence-electron chi connectivity index (χ0n) is 10.8. The molecule has 0 saturated carbocycles. The van der Waals surface area contributed by atoms with Crippen molar-refractivity contribution < 1.29 is 4.39 Å². The molecule has 3 N–H and O–H groups in total. The third-order valence-electron chi connectivity index (χ3n) is 2.90. The Balaban J connectivity index is 2.87. The molecule has 0 saturated heterocycles. The minimum Gasteiger partial charge on any atom is -0.308 e. The van der Waals surface area contributed by atoms with Crippen molar-refractivity contribution in [3.8, 4) is 0 Å². The number of pyridine rings is 1. The Morgan fingerprint density at radius 3 is 2.42 bits per heavy atom. The van der Waals surface area contributed by atoms with Crippen LogP contribution in [0.2, 0.25) is 10.0 Å². The summed E-state index contributed by atoms with van der Waals surface area (Å²) in [5.74, 6) is 5.39. The van der Waals surface area contributed by atoms with E-state index in [4.69, 9.17) is 29.0 Å². The van der Waals surface area contributed by atoms with E-state index in [1.807, 2.05) is 20.8 Å². The molecule has 0 fully saturated rings. The number of halogens is 3. The average molecular weight is 302 g/mol. The highest BCUT2D eigenvalue weighted by Crippen LogP contribution is 2.36. The molecular formula is C13H14Cl2FN3. The van der Waals surface area contributed by atoms with Gasteiger partial charge in [-0.25, -0.2) is 15.2 Å². The summed E-state index contributed by atoms with van der Waals surface area (Å²) >= 11 is 11.8. The van der Waals surface area contributed by atoms with Crippen LogP contribution < -0.4 is 11.3 Å². The molecule has 1 aromatic heterocycles. The van der Waals surface area contributed by atoms with Crippen LogP contribution in [-0.4, -0.2) is 4.98 Å². The van der Waals surface area contributed by atoms with Crippen molar-refractivity contribution in [3.63, 3.8) is 0 Å². The molecule has 0 atom stereocenters. The van der Waals surface area contributed by atoms with Gasteiger partial charge in [-0.05, 0) is 17.5 Å². The molecule has 1 aromatic carbocycles. The van der Waals surface area contributed by atoms with Gasteiger partial charge in [0.05, 0.1) is 15.6 Å². The third-order valence-corrected chi connectivity index (χ3v) is 3.54. The predicted molar refractivity (Wildman–Crippen MR) is 78.2 cm³/mol. The molecular weight excluding hydrogens is 288 g/mol. The molecule has 1 heterocycles. The van der Waals surface area contributed by atoms with Crippen LogP contribution in [0.1, 0.15) is 26.3 Å². The Kier molecular flexibility index (Phi) is 3.60. The largest absolute Gasteiger partial charge is 0.308 e. The van der Waals surface area contributed by atoms with Gasteiger partial charge in [0, 0.05) is 10.9 Å². The standard InChI is InChI=1S/C13H14Cl2FN3/c1-13(2,3)7-4-6-9(18-12(7)19-17)5-8(14)11(16)10(6)15/h4-5H,17H2,1-3H3,(H,18,19). The first-order chi connectivity index (χ1) is 8.75. The van der Waals surface area contributed by atoms with Crippen molar-refractivity contribution >= 4 is 39.9 Å². The van der Waals surface area contributed by atoms with Crippen LogP contribution in [0.15, 0.2) is 12.1 Å². The monoisotopic (exact) mass is 301 g/mol. The Morgan fingerprint density at radius 2 is 1.89 bits per heavy atom. The van der Waals surface area contributed by atoms with Gasteiger partial charge in [0.15, 0.2) is 5.82 Å². The second-order valence-corrected chi connectivity index (χ2v) is 6.12. The second-order valence-electron chi connectivity index (χ2n) is 5.33. The molecule has 6 heteroatoms. The number of aromatic nitrogens is 1. The molecule has 2 rings (SSSR count). The van der Waals surface area contributed by atoms with Gasteiger partial charge in [-0.15, -0.1) is 0 Å². The zero-order valence-corrected chi connectivity index (χ0v) is 12.3. The molecule has 0 amide bonds. The quantitative estimate of drug-likeness (QED) is 0.470. The number of nitrogens with one attached hydrogen (secondary N) is 1. The van der Waals surface area contributed by atoms with Crippen molar-refractivity contribution in [2.45, 2.75) is 26.2 Å². The highest BCUT2D eigenvalue weighted by molar-refractivity contribution is 6.38. The van der Waals surface area contributed by atoms with Gasteiger partial charge in [-0.1, -0.05) is 44.0 Å². The number of nitrogens with two attached hydrogens (primary N) is 1. The molecule has 2 aromatic rings. The summed E-state index contributed by atoms with van der Waals surface area (Å²) in [7, 11) is 0. The highest BCUT2D eigenvalue weighted by atomic mass is 35.5. The summed E-state index contributed by atoms with van der Waals surface area (Å²) in [5, 5.41) is 0.438. The summed E-state index contributed by atoms with van der Waals surface area (Å²) < 4.78 is 13.7. The predicted octanol–water partition coefficient (Wildman–Crippen LogP) is 4.26. The maximum atomic E-state index is 13.7. The smallest absolute Gasteiger partial charge is 0.161 e. The average Bonchev–Trinajstić information content (AvgIpc) is 2.33. The highest BCUT2D eigenvalue weighted by Gasteiger charge is 2.22. The van der Waals surface area contributed by atoms with Gasteiger partial charge in [-0.2, -0.15) is 0 Å². The summed E-state index contributed by atoms with van der Waals surface area (Å²) in [6.45, 7) is 6.03. The Bertz CT molecular complexity index is 651. The minimum atomic E-state index is -0.633. The maximum Gasteiger partial charge on any atom is 0.161 e. The Hall–Kier alpha value is -1.10. The van der Waals surface area contributed by atoms with Crippen molar-refractivity contribution in [1.82, 2.24) is 4.98 Å². The molecule has 0 aliphatic heterocycles. The number of fused-ring (bicyclic) bond motifs is 1. The lowest BCUT2D eigenvalue weighted by Gasteiger charge is -2.22. The van der Waals surface area contributed by atoms with Crippen molar-refractivity contribution in [1.29, 1.82) is 0 Å². The normalized spacial score (nSPS) is 11.9. The first kappa shape index (κ1) is 14.3. The van der Waals surface area contributed by atoms with Crippen LogP contribution in [0.25, 0.3) is 10.9 Å². The summed E-state index contributed by atoms with van der Waals surface area (Å²) in [6.07, 6.45) is 0. The maximum absolute atomic E-state index is 13.7. The minimum absolute atomic E-state index is 0.0240. The molecule has 0 spiro atoms. The van der Waals surface area contributed by atoms with E-state index in [1.165, 1.54) is 6.07 Å². The van der Waals surface area contributed by atoms with Gasteiger partial charge in [0.1, 0.15) is 5.82 Å². The number of benzene rings is 1. The van der Waals surface area contributed by atoms with Crippen molar-refractivity contribution in [2.24, 2.45) is 5.84 Å². The topological polar surface area (TPSA) is 50.9 Å². The zero-order chi connectivity index (χ0) is 14.4. The molecule has 0 aliphatic carbocycles. The molecule has 0 bridgehead atoms. The SMILES string of the molecule is CC(C)(C)c1cc2c(Cl)c(F)c(Cl)cc2nc1NN. The van der Waals surface area contributed by atoms with Gasteiger partial charge < -0.3 is 5.43 Å².